The fourth-order valence-electron chi connectivity index (χ4n) is 6.71. The fraction of sp³-hybridized carbons (Fsp3) is 0.854. The summed E-state index contributed by atoms with van der Waals surface area (Å²) in [7, 11) is 0. The van der Waals surface area contributed by atoms with Crippen LogP contribution in [0.25, 0.3) is 0 Å². The molecule has 0 aliphatic carbocycles. The Balaban J connectivity index is 3.40. The summed E-state index contributed by atoms with van der Waals surface area (Å²) in [6.07, 6.45) is 57.9. The van der Waals surface area contributed by atoms with Gasteiger partial charge in [0.05, 0.1) is 13.2 Å². The molecule has 0 aromatic rings. The van der Waals surface area contributed by atoms with Gasteiger partial charge in [-0.3, -0.25) is 4.79 Å². The normalized spacial score (nSPS) is 12.6. The first-order valence-corrected chi connectivity index (χ1v) is 23.1. The number of rotatable bonds is 43. The van der Waals surface area contributed by atoms with E-state index in [1.807, 2.05) is 0 Å². The lowest BCUT2D eigenvalue weighted by Gasteiger charge is -2.15. The zero-order valence-electron chi connectivity index (χ0n) is 35.1. The maximum atomic E-state index is 12.2. The molecule has 0 amide bonds. The summed E-state index contributed by atoms with van der Waals surface area (Å²) in [5, 5.41) is 9.61. The van der Waals surface area contributed by atoms with Gasteiger partial charge in [0.1, 0.15) is 6.10 Å². The van der Waals surface area contributed by atoms with Gasteiger partial charge in [0, 0.05) is 13.0 Å². The predicted molar refractivity (Wildman–Crippen MR) is 228 cm³/mol. The van der Waals surface area contributed by atoms with Crippen LogP contribution < -0.4 is 0 Å². The third-order valence-corrected chi connectivity index (χ3v) is 10.2. The lowest BCUT2D eigenvalue weighted by molar-refractivity contribution is -0.154. The van der Waals surface area contributed by atoms with Crippen molar-refractivity contribution in [3.63, 3.8) is 0 Å². The molecule has 0 saturated carbocycles. The average molecular weight is 731 g/mol. The Hall–Kier alpha value is -1.39. The van der Waals surface area contributed by atoms with Gasteiger partial charge in [-0.1, -0.05) is 198 Å². The number of ether oxygens (including phenoxy) is 2. The lowest BCUT2D eigenvalue weighted by Crippen LogP contribution is -2.27. The van der Waals surface area contributed by atoms with Gasteiger partial charge in [0.15, 0.2) is 0 Å². The van der Waals surface area contributed by atoms with Crippen molar-refractivity contribution < 1.29 is 19.4 Å². The third kappa shape index (κ3) is 43.0. The molecule has 0 radical (unpaired) electrons. The quantitative estimate of drug-likeness (QED) is 0.0385. The Morgan fingerprint density at radius 2 is 0.808 bits per heavy atom. The SMILES string of the molecule is CCCCCCC/C=C\C/C=C\CCCCCCCCCCCCCCCC(=O)OC(CO)COCCCCCCCC/C=C\CCCCCCC. The van der Waals surface area contributed by atoms with E-state index < -0.39 is 6.10 Å². The van der Waals surface area contributed by atoms with Crippen molar-refractivity contribution in [2.75, 3.05) is 19.8 Å². The van der Waals surface area contributed by atoms with Crippen LogP contribution in [0.3, 0.4) is 0 Å². The Kier molecular flexibility index (Phi) is 44.5. The highest BCUT2D eigenvalue weighted by Gasteiger charge is 2.13. The second kappa shape index (κ2) is 45.8. The molecular weight excluding hydrogens is 641 g/mol. The number of carbonyl (C=O) groups excluding carboxylic acids is 1. The van der Waals surface area contributed by atoms with E-state index in [1.165, 1.54) is 193 Å². The molecule has 52 heavy (non-hydrogen) atoms. The van der Waals surface area contributed by atoms with Crippen molar-refractivity contribution in [2.45, 2.75) is 245 Å². The Labute approximate surface area is 325 Å². The molecule has 0 aromatic heterocycles. The lowest BCUT2D eigenvalue weighted by atomic mass is 10.0. The number of esters is 1. The van der Waals surface area contributed by atoms with Gasteiger partial charge in [-0.15, -0.1) is 0 Å². The van der Waals surface area contributed by atoms with Gasteiger partial charge in [0.25, 0.3) is 0 Å². The molecule has 0 rings (SSSR count). The molecule has 1 unspecified atom stereocenters. The predicted octanol–water partition coefficient (Wildman–Crippen LogP) is 15.3. The summed E-state index contributed by atoms with van der Waals surface area (Å²) in [6, 6.07) is 0. The molecule has 0 aliphatic heterocycles. The van der Waals surface area contributed by atoms with Crippen molar-refractivity contribution in [3.8, 4) is 0 Å². The van der Waals surface area contributed by atoms with E-state index in [2.05, 4.69) is 50.3 Å². The highest BCUT2D eigenvalue weighted by molar-refractivity contribution is 5.69. The van der Waals surface area contributed by atoms with Gasteiger partial charge in [-0.05, 0) is 70.6 Å². The number of unbranched alkanes of at least 4 members (excludes halogenated alkanes) is 29. The van der Waals surface area contributed by atoms with Crippen LogP contribution >= 0.6 is 0 Å². The van der Waals surface area contributed by atoms with Gasteiger partial charge in [-0.2, -0.15) is 0 Å². The van der Waals surface area contributed by atoms with Crippen molar-refractivity contribution >= 4 is 5.97 Å². The van der Waals surface area contributed by atoms with Gasteiger partial charge < -0.3 is 14.6 Å². The molecule has 0 aliphatic rings. The standard InChI is InChI=1S/C48H90O4/c1-3-5-7-9-11-13-15-17-19-20-21-22-23-24-25-26-27-28-29-31-33-35-37-39-41-43-48(50)52-47(45-49)46-51-44-42-40-38-36-34-32-30-18-16-14-12-10-8-6-4-2/h15-18,20-21,47,49H,3-14,19,22-46H2,1-2H3/b17-15-,18-16-,21-20-. The van der Waals surface area contributed by atoms with E-state index in [0.717, 1.165) is 25.7 Å². The fourth-order valence-corrected chi connectivity index (χ4v) is 6.71. The second-order valence-electron chi connectivity index (χ2n) is 15.5. The molecule has 0 bridgehead atoms. The van der Waals surface area contributed by atoms with Gasteiger partial charge in [-0.25, -0.2) is 0 Å². The van der Waals surface area contributed by atoms with Crippen molar-refractivity contribution in [1.82, 2.24) is 0 Å². The molecule has 4 heteroatoms. The number of allylic oxidation sites excluding steroid dienone is 6. The first-order chi connectivity index (χ1) is 25.7. The minimum absolute atomic E-state index is 0.172. The molecule has 0 saturated heterocycles. The minimum atomic E-state index is -0.536. The minimum Gasteiger partial charge on any atom is -0.457 e. The molecule has 306 valence electrons. The molecule has 0 spiro atoms. The summed E-state index contributed by atoms with van der Waals surface area (Å²) in [4.78, 5) is 12.2. The number of aliphatic hydroxyl groups excluding tert-OH is 1. The van der Waals surface area contributed by atoms with Crippen LogP contribution in [0, 0.1) is 0 Å². The summed E-state index contributed by atoms with van der Waals surface area (Å²) >= 11 is 0. The maximum absolute atomic E-state index is 12.2. The molecule has 0 heterocycles. The highest BCUT2D eigenvalue weighted by atomic mass is 16.6. The number of carbonyl (C=O) groups is 1. The molecule has 1 N–H and O–H groups in total. The van der Waals surface area contributed by atoms with Crippen molar-refractivity contribution in [1.29, 1.82) is 0 Å². The van der Waals surface area contributed by atoms with Gasteiger partial charge in [0.2, 0.25) is 0 Å². The second-order valence-corrected chi connectivity index (χ2v) is 15.5. The number of hydrogen-bond donors (Lipinski definition) is 1. The van der Waals surface area contributed by atoms with E-state index in [0.29, 0.717) is 19.6 Å². The molecule has 4 nitrogen and oxygen atoms in total. The van der Waals surface area contributed by atoms with Gasteiger partial charge >= 0.3 is 5.97 Å². The van der Waals surface area contributed by atoms with Crippen LogP contribution in [-0.4, -0.2) is 37.0 Å². The smallest absolute Gasteiger partial charge is 0.306 e. The van der Waals surface area contributed by atoms with E-state index in [-0.39, 0.29) is 12.6 Å². The summed E-state index contributed by atoms with van der Waals surface area (Å²) in [6.45, 7) is 5.34. The first kappa shape index (κ1) is 50.6. The average Bonchev–Trinajstić information content (AvgIpc) is 3.15. The van der Waals surface area contributed by atoms with E-state index >= 15 is 0 Å². The zero-order chi connectivity index (χ0) is 37.7. The number of aliphatic hydroxyl groups is 1. The Morgan fingerprint density at radius 1 is 0.462 bits per heavy atom. The monoisotopic (exact) mass is 731 g/mol. The van der Waals surface area contributed by atoms with Crippen LogP contribution in [0.15, 0.2) is 36.5 Å². The zero-order valence-corrected chi connectivity index (χ0v) is 35.1. The molecule has 0 aromatic carbocycles. The van der Waals surface area contributed by atoms with E-state index in [1.54, 1.807) is 0 Å². The van der Waals surface area contributed by atoms with Crippen LogP contribution in [0.4, 0.5) is 0 Å². The number of hydrogen-bond acceptors (Lipinski definition) is 4. The van der Waals surface area contributed by atoms with E-state index in [9.17, 15) is 9.90 Å². The van der Waals surface area contributed by atoms with Crippen LogP contribution in [0.2, 0.25) is 0 Å². The van der Waals surface area contributed by atoms with E-state index in [4.69, 9.17) is 9.47 Å². The summed E-state index contributed by atoms with van der Waals surface area (Å²) in [5.41, 5.74) is 0. The Morgan fingerprint density at radius 3 is 1.21 bits per heavy atom. The molecular formula is C48H90O4. The first-order valence-electron chi connectivity index (χ1n) is 23.1. The van der Waals surface area contributed by atoms with Crippen LogP contribution in [0.1, 0.15) is 239 Å². The maximum Gasteiger partial charge on any atom is 0.306 e. The topological polar surface area (TPSA) is 55.8 Å². The molecule has 1 atom stereocenters. The largest absolute Gasteiger partial charge is 0.457 e. The van der Waals surface area contributed by atoms with Crippen molar-refractivity contribution in [3.05, 3.63) is 36.5 Å². The van der Waals surface area contributed by atoms with Crippen LogP contribution in [0.5, 0.6) is 0 Å². The molecule has 0 fully saturated rings. The highest BCUT2D eigenvalue weighted by Crippen LogP contribution is 2.15. The summed E-state index contributed by atoms with van der Waals surface area (Å²) in [5.74, 6) is -0.201. The van der Waals surface area contributed by atoms with Crippen molar-refractivity contribution in [2.24, 2.45) is 0 Å². The Bertz CT molecular complexity index is 772. The van der Waals surface area contributed by atoms with Crippen LogP contribution in [-0.2, 0) is 14.3 Å². The third-order valence-electron chi connectivity index (χ3n) is 10.2. The summed E-state index contributed by atoms with van der Waals surface area (Å²) < 4.78 is 11.2.